The number of nitrogens with zero attached hydrogens (tertiary/aromatic N) is 2. The van der Waals surface area contributed by atoms with Gasteiger partial charge in [-0.3, -0.25) is 0 Å². The average molecular weight is 194 g/mol. The van der Waals surface area contributed by atoms with E-state index in [0.717, 1.165) is 19.3 Å². The summed E-state index contributed by atoms with van der Waals surface area (Å²) in [6.07, 6.45) is 6.07. The number of aliphatic hydroxyl groups is 1. The van der Waals surface area contributed by atoms with Crippen LogP contribution < -0.4 is 11.1 Å². The molecule has 0 saturated heterocycles. The summed E-state index contributed by atoms with van der Waals surface area (Å²) >= 11 is 0. The van der Waals surface area contributed by atoms with Crippen LogP contribution in [0.4, 0.5) is 11.5 Å². The fourth-order valence-corrected chi connectivity index (χ4v) is 1.62. The van der Waals surface area contributed by atoms with Crippen LogP contribution >= 0.6 is 0 Å². The van der Waals surface area contributed by atoms with Crippen molar-refractivity contribution in [2.75, 3.05) is 17.7 Å². The molecule has 1 fully saturated rings. The van der Waals surface area contributed by atoms with Gasteiger partial charge in [0.05, 0.1) is 24.0 Å². The van der Waals surface area contributed by atoms with Crippen molar-refractivity contribution < 1.29 is 5.11 Å². The summed E-state index contributed by atoms with van der Waals surface area (Å²) < 4.78 is 0. The quantitative estimate of drug-likeness (QED) is 0.648. The first-order chi connectivity index (χ1) is 6.76. The third kappa shape index (κ3) is 1.50. The van der Waals surface area contributed by atoms with Gasteiger partial charge in [-0.05, 0) is 19.3 Å². The second-order valence-electron chi connectivity index (χ2n) is 3.74. The molecule has 1 aliphatic carbocycles. The minimum Gasteiger partial charge on any atom is -0.394 e. The second kappa shape index (κ2) is 3.42. The Morgan fingerprint density at radius 3 is 2.86 bits per heavy atom. The molecule has 1 aromatic heterocycles. The molecule has 4 N–H and O–H groups in total. The van der Waals surface area contributed by atoms with Crippen LogP contribution in [0.15, 0.2) is 12.5 Å². The molecule has 0 spiro atoms. The van der Waals surface area contributed by atoms with E-state index in [4.69, 9.17) is 5.73 Å². The number of nitrogens with one attached hydrogen (secondary N) is 1. The zero-order chi connectivity index (χ0) is 10.0. The summed E-state index contributed by atoms with van der Waals surface area (Å²) in [6, 6.07) is 0. The van der Waals surface area contributed by atoms with Gasteiger partial charge < -0.3 is 16.2 Å². The van der Waals surface area contributed by atoms with E-state index < -0.39 is 0 Å². The fourth-order valence-electron chi connectivity index (χ4n) is 1.62. The van der Waals surface area contributed by atoms with Crippen molar-refractivity contribution >= 4 is 11.5 Å². The van der Waals surface area contributed by atoms with Gasteiger partial charge in [-0.1, -0.05) is 0 Å². The molecular formula is C9H14N4O. The van der Waals surface area contributed by atoms with Gasteiger partial charge in [-0.15, -0.1) is 0 Å². The number of hydrogen-bond acceptors (Lipinski definition) is 5. The van der Waals surface area contributed by atoms with Crippen LogP contribution in [0.2, 0.25) is 0 Å². The van der Waals surface area contributed by atoms with Gasteiger partial charge in [0.25, 0.3) is 0 Å². The maximum Gasteiger partial charge on any atom is 0.153 e. The standard InChI is InChI=1S/C9H14N4O/c10-7-4-11-6-12-8(7)13-9(5-14)2-1-3-9/h4,6,14H,1-3,5,10H2,(H,11,12,13). The normalized spacial score (nSPS) is 18.6. The molecule has 1 aromatic rings. The van der Waals surface area contributed by atoms with E-state index in [1.807, 2.05) is 0 Å². The Balaban J connectivity index is 2.13. The summed E-state index contributed by atoms with van der Waals surface area (Å²) in [7, 11) is 0. The Kier molecular flexibility index (Phi) is 2.25. The molecule has 0 atom stereocenters. The van der Waals surface area contributed by atoms with Gasteiger partial charge >= 0.3 is 0 Å². The highest BCUT2D eigenvalue weighted by molar-refractivity contribution is 5.60. The van der Waals surface area contributed by atoms with Crippen LogP contribution in [0.25, 0.3) is 0 Å². The fraction of sp³-hybridized carbons (Fsp3) is 0.556. The van der Waals surface area contributed by atoms with Crippen LogP contribution in [0, 0.1) is 0 Å². The van der Waals surface area contributed by atoms with Crippen molar-refractivity contribution in [2.45, 2.75) is 24.8 Å². The Hall–Kier alpha value is -1.36. The molecule has 76 valence electrons. The molecule has 5 nitrogen and oxygen atoms in total. The summed E-state index contributed by atoms with van der Waals surface area (Å²) in [5, 5.41) is 12.4. The van der Waals surface area contributed by atoms with E-state index >= 15 is 0 Å². The molecule has 0 aromatic carbocycles. The maximum atomic E-state index is 9.24. The Labute approximate surface area is 82.4 Å². The molecule has 0 radical (unpaired) electrons. The topological polar surface area (TPSA) is 84.1 Å². The first-order valence-electron chi connectivity index (χ1n) is 4.70. The van der Waals surface area contributed by atoms with Crippen LogP contribution in [0.5, 0.6) is 0 Å². The second-order valence-corrected chi connectivity index (χ2v) is 3.74. The molecule has 0 unspecified atom stereocenters. The minimum atomic E-state index is -0.206. The van der Waals surface area contributed by atoms with Crippen molar-refractivity contribution in [3.05, 3.63) is 12.5 Å². The van der Waals surface area contributed by atoms with E-state index in [9.17, 15) is 5.11 Å². The third-order valence-electron chi connectivity index (χ3n) is 2.74. The monoisotopic (exact) mass is 194 g/mol. The smallest absolute Gasteiger partial charge is 0.153 e. The lowest BCUT2D eigenvalue weighted by Crippen LogP contribution is -2.48. The predicted molar refractivity (Wildman–Crippen MR) is 53.7 cm³/mol. The molecule has 1 saturated carbocycles. The number of nitrogens with two attached hydrogens (primary N) is 1. The van der Waals surface area contributed by atoms with Gasteiger partial charge in [0.2, 0.25) is 0 Å². The minimum absolute atomic E-state index is 0.121. The lowest BCUT2D eigenvalue weighted by Gasteiger charge is -2.41. The third-order valence-corrected chi connectivity index (χ3v) is 2.74. The van der Waals surface area contributed by atoms with Gasteiger partial charge in [0.15, 0.2) is 5.82 Å². The molecule has 1 aliphatic rings. The molecule has 5 heteroatoms. The molecule has 2 rings (SSSR count). The Bertz CT molecular complexity index is 319. The molecule has 1 heterocycles. The van der Waals surface area contributed by atoms with E-state index in [0.29, 0.717) is 11.5 Å². The number of hydrogen-bond donors (Lipinski definition) is 3. The Morgan fingerprint density at radius 2 is 2.36 bits per heavy atom. The average Bonchev–Trinajstić information content (AvgIpc) is 2.14. The SMILES string of the molecule is Nc1cncnc1NC1(CO)CCC1. The lowest BCUT2D eigenvalue weighted by molar-refractivity contribution is 0.144. The lowest BCUT2D eigenvalue weighted by atomic mass is 9.77. The molecule has 0 amide bonds. The van der Waals surface area contributed by atoms with Gasteiger partial charge in [-0.25, -0.2) is 9.97 Å². The highest BCUT2D eigenvalue weighted by atomic mass is 16.3. The van der Waals surface area contributed by atoms with E-state index in [1.165, 1.54) is 6.33 Å². The number of aromatic nitrogens is 2. The molecular weight excluding hydrogens is 180 g/mol. The summed E-state index contributed by atoms with van der Waals surface area (Å²) in [4.78, 5) is 7.84. The summed E-state index contributed by atoms with van der Waals surface area (Å²) in [5.74, 6) is 0.619. The number of nitrogen functional groups attached to an aromatic ring is 1. The molecule has 0 bridgehead atoms. The first kappa shape index (κ1) is 9.21. The van der Waals surface area contributed by atoms with Gasteiger partial charge in [0.1, 0.15) is 6.33 Å². The summed E-state index contributed by atoms with van der Waals surface area (Å²) in [6.45, 7) is 0.121. The van der Waals surface area contributed by atoms with Crippen LogP contribution in [-0.4, -0.2) is 27.2 Å². The van der Waals surface area contributed by atoms with E-state index in [1.54, 1.807) is 6.20 Å². The van der Waals surface area contributed by atoms with Crippen LogP contribution in [0.3, 0.4) is 0 Å². The van der Waals surface area contributed by atoms with E-state index in [2.05, 4.69) is 15.3 Å². The zero-order valence-corrected chi connectivity index (χ0v) is 7.90. The molecule has 0 aliphatic heterocycles. The van der Waals surface area contributed by atoms with Crippen molar-refractivity contribution in [3.8, 4) is 0 Å². The van der Waals surface area contributed by atoms with Gasteiger partial charge in [0, 0.05) is 0 Å². The van der Waals surface area contributed by atoms with Crippen molar-refractivity contribution in [1.29, 1.82) is 0 Å². The van der Waals surface area contributed by atoms with Crippen molar-refractivity contribution in [2.24, 2.45) is 0 Å². The summed E-state index contributed by atoms with van der Waals surface area (Å²) in [5.41, 5.74) is 6.01. The molecule has 14 heavy (non-hydrogen) atoms. The highest BCUT2D eigenvalue weighted by Crippen LogP contribution is 2.35. The maximum absolute atomic E-state index is 9.24. The van der Waals surface area contributed by atoms with Crippen LogP contribution in [-0.2, 0) is 0 Å². The Morgan fingerprint density at radius 1 is 1.57 bits per heavy atom. The first-order valence-corrected chi connectivity index (χ1v) is 4.70. The predicted octanol–water partition coefficient (Wildman–Crippen LogP) is 0.386. The number of anilines is 2. The largest absolute Gasteiger partial charge is 0.394 e. The van der Waals surface area contributed by atoms with Crippen molar-refractivity contribution in [1.82, 2.24) is 9.97 Å². The van der Waals surface area contributed by atoms with Crippen molar-refractivity contribution in [3.63, 3.8) is 0 Å². The zero-order valence-electron chi connectivity index (χ0n) is 7.90. The van der Waals surface area contributed by atoms with Crippen LogP contribution in [0.1, 0.15) is 19.3 Å². The highest BCUT2D eigenvalue weighted by Gasteiger charge is 2.36. The number of aliphatic hydroxyl groups excluding tert-OH is 1. The van der Waals surface area contributed by atoms with E-state index in [-0.39, 0.29) is 12.1 Å². The van der Waals surface area contributed by atoms with Gasteiger partial charge in [-0.2, -0.15) is 0 Å². The number of rotatable bonds is 3.